The van der Waals surface area contributed by atoms with Gasteiger partial charge in [0, 0.05) is 22.8 Å². The Bertz CT molecular complexity index is 759. The zero-order valence-electron chi connectivity index (χ0n) is 10.2. The molecule has 3 rings (SSSR count). The molecule has 0 saturated heterocycles. The normalized spacial score (nSPS) is 11.4. The number of H-pyrrole nitrogens is 1. The van der Waals surface area contributed by atoms with E-state index in [2.05, 4.69) is 9.98 Å². The van der Waals surface area contributed by atoms with Crippen molar-refractivity contribution in [2.75, 3.05) is 5.73 Å². The number of nitrogen functional groups attached to an aromatic ring is 1. The van der Waals surface area contributed by atoms with Crippen molar-refractivity contribution in [3.05, 3.63) is 54.1 Å². The minimum Gasteiger partial charge on any atom is -0.494 e. The summed E-state index contributed by atoms with van der Waals surface area (Å²) in [6.07, 6.45) is 1.64. The monoisotopic (exact) mass is 251 g/mol. The summed E-state index contributed by atoms with van der Waals surface area (Å²) in [7, 11) is 0. The van der Waals surface area contributed by atoms with E-state index in [9.17, 15) is 5.11 Å². The number of benzene rings is 2. The molecule has 0 unspecified atom stereocenters. The first-order valence-electron chi connectivity index (χ1n) is 5.93. The lowest BCUT2D eigenvalue weighted by molar-refractivity contribution is 0.457. The third kappa shape index (κ3) is 2.15. The van der Waals surface area contributed by atoms with Gasteiger partial charge in [0.2, 0.25) is 0 Å². The van der Waals surface area contributed by atoms with E-state index in [-0.39, 0.29) is 5.88 Å². The predicted octanol–water partition coefficient (Wildman–Crippen LogP) is 3.21. The average molecular weight is 251 g/mol. The Kier molecular flexibility index (Phi) is 2.68. The van der Waals surface area contributed by atoms with Gasteiger partial charge in [0.05, 0.1) is 11.3 Å². The molecule has 94 valence electrons. The van der Waals surface area contributed by atoms with Crippen LogP contribution in [0.1, 0.15) is 5.56 Å². The molecule has 19 heavy (non-hydrogen) atoms. The van der Waals surface area contributed by atoms with Gasteiger partial charge in [-0.2, -0.15) is 0 Å². The molecule has 2 aromatic carbocycles. The van der Waals surface area contributed by atoms with Crippen LogP contribution in [0.2, 0.25) is 0 Å². The summed E-state index contributed by atoms with van der Waals surface area (Å²) < 4.78 is 0. The second kappa shape index (κ2) is 4.49. The first-order chi connectivity index (χ1) is 9.24. The van der Waals surface area contributed by atoms with Gasteiger partial charge in [0.25, 0.3) is 0 Å². The molecule has 0 aliphatic rings. The number of nitrogens with two attached hydrogens (primary N) is 1. The molecule has 0 bridgehead atoms. The third-order valence-electron chi connectivity index (χ3n) is 2.94. The smallest absolute Gasteiger partial charge is 0.198 e. The minimum atomic E-state index is 0.119. The van der Waals surface area contributed by atoms with E-state index >= 15 is 0 Å². The van der Waals surface area contributed by atoms with E-state index in [1.54, 1.807) is 12.3 Å². The van der Waals surface area contributed by atoms with Gasteiger partial charge in [-0.1, -0.05) is 24.3 Å². The summed E-state index contributed by atoms with van der Waals surface area (Å²) in [6.45, 7) is 0. The molecule has 1 aromatic heterocycles. The highest BCUT2D eigenvalue weighted by atomic mass is 16.3. The number of rotatable bonds is 2. The quantitative estimate of drug-likeness (QED) is 0.483. The molecule has 1 heterocycles. The van der Waals surface area contributed by atoms with Gasteiger partial charge in [0.1, 0.15) is 0 Å². The summed E-state index contributed by atoms with van der Waals surface area (Å²) in [5, 5.41) is 10.8. The molecule has 4 N–H and O–H groups in total. The third-order valence-corrected chi connectivity index (χ3v) is 2.94. The summed E-state index contributed by atoms with van der Waals surface area (Å²) in [5.74, 6) is 0.119. The SMILES string of the molecule is Nc1cccc(N=Cc2c(O)[nH]c3ccccc23)c1. The summed E-state index contributed by atoms with van der Waals surface area (Å²) >= 11 is 0. The van der Waals surface area contributed by atoms with Crippen molar-refractivity contribution in [2.45, 2.75) is 0 Å². The van der Waals surface area contributed by atoms with Gasteiger partial charge in [0.15, 0.2) is 5.88 Å². The second-order valence-corrected chi connectivity index (χ2v) is 4.29. The van der Waals surface area contributed by atoms with Crippen molar-refractivity contribution in [3.8, 4) is 5.88 Å². The molecule has 0 aliphatic heterocycles. The van der Waals surface area contributed by atoms with Gasteiger partial charge in [-0.3, -0.25) is 4.99 Å². The fourth-order valence-electron chi connectivity index (χ4n) is 2.02. The molecule has 4 nitrogen and oxygen atoms in total. The Morgan fingerprint density at radius 2 is 1.95 bits per heavy atom. The number of hydrogen-bond donors (Lipinski definition) is 3. The van der Waals surface area contributed by atoms with E-state index in [0.717, 1.165) is 16.6 Å². The molecule has 3 aromatic rings. The van der Waals surface area contributed by atoms with Crippen LogP contribution in [-0.2, 0) is 0 Å². The highest BCUT2D eigenvalue weighted by Gasteiger charge is 2.07. The Hall–Kier alpha value is -2.75. The molecule has 0 fully saturated rings. The Balaban J connectivity index is 2.03. The predicted molar refractivity (Wildman–Crippen MR) is 78.1 cm³/mol. The van der Waals surface area contributed by atoms with E-state index in [1.165, 1.54) is 0 Å². The zero-order chi connectivity index (χ0) is 13.2. The number of aliphatic imine (C=N–C) groups is 1. The largest absolute Gasteiger partial charge is 0.494 e. The first-order valence-corrected chi connectivity index (χ1v) is 5.93. The van der Waals surface area contributed by atoms with Crippen molar-refractivity contribution < 1.29 is 5.11 Å². The van der Waals surface area contributed by atoms with Crippen molar-refractivity contribution in [1.29, 1.82) is 0 Å². The van der Waals surface area contributed by atoms with Gasteiger partial charge >= 0.3 is 0 Å². The number of fused-ring (bicyclic) bond motifs is 1. The number of nitrogens with one attached hydrogen (secondary N) is 1. The van der Waals surface area contributed by atoms with Gasteiger partial charge in [-0.15, -0.1) is 0 Å². The number of nitrogens with zero attached hydrogens (tertiary/aromatic N) is 1. The van der Waals surface area contributed by atoms with E-state index < -0.39 is 0 Å². The van der Waals surface area contributed by atoms with Crippen molar-refractivity contribution in [2.24, 2.45) is 4.99 Å². The molecule has 0 aliphatic carbocycles. The highest BCUT2D eigenvalue weighted by Crippen LogP contribution is 2.26. The van der Waals surface area contributed by atoms with Crippen LogP contribution in [0, 0.1) is 0 Å². The lowest BCUT2D eigenvalue weighted by Crippen LogP contribution is -1.82. The van der Waals surface area contributed by atoms with Crippen molar-refractivity contribution in [1.82, 2.24) is 4.98 Å². The van der Waals surface area contributed by atoms with Crippen LogP contribution in [0.15, 0.2) is 53.5 Å². The number of aromatic nitrogens is 1. The fraction of sp³-hybridized carbons (Fsp3) is 0. The summed E-state index contributed by atoms with van der Waals surface area (Å²) in [5.41, 5.74) is 8.68. The standard InChI is InChI=1S/C15H13N3O/c16-10-4-3-5-11(8-10)17-9-13-12-6-1-2-7-14(12)18-15(13)19/h1-9,18-19H,16H2. The van der Waals surface area contributed by atoms with Crippen LogP contribution in [-0.4, -0.2) is 16.3 Å². The van der Waals surface area contributed by atoms with Crippen LogP contribution in [0.4, 0.5) is 11.4 Å². The first kappa shape index (κ1) is 11.3. The lowest BCUT2D eigenvalue weighted by atomic mass is 10.2. The molecule has 0 atom stereocenters. The minimum absolute atomic E-state index is 0.119. The Labute approximate surface area is 110 Å². The molecular formula is C15H13N3O. The fourth-order valence-corrected chi connectivity index (χ4v) is 2.02. The lowest BCUT2D eigenvalue weighted by Gasteiger charge is -1.96. The van der Waals surface area contributed by atoms with Crippen molar-refractivity contribution >= 4 is 28.5 Å². The van der Waals surface area contributed by atoms with E-state index in [1.807, 2.05) is 42.5 Å². The highest BCUT2D eigenvalue weighted by molar-refractivity contribution is 6.02. The molecule has 0 saturated carbocycles. The molecule has 0 spiro atoms. The number of aromatic amines is 1. The van der Waals surface area contributed by atoms with Crippen LogP contribution in [0.5, 0.6) is 5.88 Å². The van der Waals surface area contributed by atoms with E-state index in [4.69, 9.17) is 5.73 Å². The molecule has 4 heteroatoms. The molecular weight excluding hydrogens is 238 g/mol. The summed E-state index contributed by atoms with van der Waals surface area (Å²) in [4.78, 5) is 7.25. The van der Waals surface area contributed by atoms with Crippen LogP contribution < -0.4 is 5.73 Å². The van der Waals surface area contributed by atoms with Crippen LogP contribution >= 0.6 is 0 Å². The van der Waals surface area contributed by atoms with Gasteiger partial charge < -0.3 is 15.8 Å². The maximum Gasteiger partial charge on any atom is 0.198 e. The number of anilines is 1. The maximum atomic E-state index is 9.90. The number of aromatic hydroxyl groups is 1. The molecule has 0 amide bonds. The average Bonchev–Trinajstić information content (AvgIpc) is 2.72. The van der Waals surface area contributed by atoms with Crippen LogP contribution in [0.3, 0.4) is 0 Å². The topological polar surface area (TPSA) is 74.4 Å². The number of hydrogen-bond acceptors (Lipinski definition) is 3. The summed E-state index contributed by atoms with van der Waals surface area (Å²) in [6, 6.07) is 15.0. The second-order valence-electron chi connectivity index (χ2n) is 4.29. The van der Waals surface area contributed by atoms with E-state index in [0.29, 0.717) is 11.3 Å². The van der Waals surface area contributed by atoms with Gasteiger partial charge in [-0.05, 0) is 24.3 Å². The van der Waals surface area contributed by atoms with Crippen molar-refractivity contribution in [3.63, 3.8) is 0 Å². The zero-order valence-corrected chi connectivity index (χ0v) is 10.2. The van der Waals surface area contributed by atoms with Crippen LogP contribution in [0.25, 0.3) is 10.9 Å². The maximum absolute atomic E-state index is 9.90. The molecule has 0 radical (unpaired) electrons. The Morgan fingerprint density at radius 1 is 1.11 bits per heavy atom. The number of para-hydroxylation sites is 1. The Morgan fingerprint density at radius 3 is 2.79 bits per heavy atom. The van der Waals surface area contributed by atoms with Gasteiger partial charge in [-0.25, -0.2) is 0 Å².